The molecule has 2 fully saturated rings. The van der Waals surface area contributed by atoms with Crippen LogP contribution in [-0.2, 0) is 0 Å². The topological polar surface area (TPSA) is 64.6 Å². The Morgan fingerprint density at radius 3 is 2.63 bits per heavy atom. The minimum atomic E-state index is -0.962. The molecule has 7 heteroatoms. The second-order valence-corrected chi connectivity index (χ2v) is 8.49. The Morgan fingerprint density at radius 1 is 1.20 bits per heavy atom. The van der Waals surface area contributed by atoms with E-state index in [0.29, 0.717) is 5.56 Å². The van der Waals surface area contributed by atoms with Gasteiger partial charge in [0.2, 0.25) is 0 Å². The molecule has 2 aliphatic rings. The summed E-state index contributed by atoms with van der Waals surface area (Å²) in [5.74, 6) is -1.49. The normalized spacial score (nSPS) is 20.6. The number of carbonyl (C=O) groups is 1. The van der Waals surface area contributed by atoms with Gasteiger partial charge in [-0.05, 0) is 62.6 Å². The minimum absolute atomic E-state index is 0.0377. The summed E-state index contributed by atoms with van der Waals surface area (Å²) in [5, 5.41) is 17.0. The van der Waals surface area contributed by atoms with E-state index in [1.807, 2.05) is 0 Å². The number of anilines is 2. The van der Waals surface area contributed by atoms with Crippen LogP contribution in [0.5, 0.6) is 0 Å². The molecule has 0 saturated carbocycles. The SMILES string of the molecule is Cc1ccc(Nc2c(C(=O)N3CC(O)([C@@H]4CCCCN4)C3)ccc(C)c2F)c(F)c1. The van der Waals surface area contributed by atoms with E-state index in [4.69, 9.17) is 0 Å². The van der Waals surface area contributed by atoms with Crippen LogP contribution in [0.3, 0.4) is 0 Å². The van der Waals surface area contributed by atoms with Crippen molar-refractivity contribution in [3.8, 4) is 0 Å². The number of halogens is 2. The fourth-order valence-electron chi connectivity index (χ4n) is 4.30. The molecule has 3 N–H and O–H groups in total. The van der Waals surface area contributed by atoms with Crippen molar-refractivity contribution in [3.63, 3.8) is 0 Å². The predicted molar refractivity (Wildman–Crippen MR) is 112 cm³/mol. The van der Waals surface area contributed by atoms with Gasteiger partial charge >= 0.3 is 0 Å². The van der Waals surface area contributed by atoms with Crippen molar-refractivity contribution < 1.29 is 18.7 Å². The third-order valence-corrected chi connectivity index (χ3v) is 6.13. The highest BCUT2D eigenvalue weighted by Crippen LogP contribution is 2.34. The number of likely N-dealkylation sites (tertiary alicyclic amines) is 1. The molecule has 2 saturated heterocycles. The average molecular weight is 415 g/mol. The highest BCUT2D eigenvalue weighted by atomic mass is 19.1. The van der Waals surface area contributed by atoms with E-state index in [0.717, 1.165) is 31.4 Å². The summed E-state index contributed by atoms with van der Waals surface area (Å²) in [6.07, 6.45) is 3.01. The smallest absolute Gasteiger partial charge is 0.256 e. The molecule has 2 aromatic rings. The van der Waals surface area contributed by atoms with Crippen LogP contribution in [0, 0.1) is 25.5 Å². The Bertz CT molecular complexity index is 967. The van der Waals surface area contributed by atoms with Gasteiger partial charge < -0.3 is 20.6 Å². The molecule has 0 aliphatic carbocycles. The Labute approximate surface area is 175 Å². The van der Waals surface area contributed by atoms with Gasteiger partial charge in [0.25, 0.3) is 5.91 Å². The van der Waals surface area contributed by atoms with Crippen molar-refractivity contribution in [1.29, 1.82) is 0 Å². The molecule has 1 amide bonds. The number of nitrogens with zero attached hydrogens (tertiary/aromatic N) is 1. The molecule has 2 heterocycles. The third kappa shape index (κ3) is 3.79. The van der Waals surface area contributed by atoms with E-state index in [1.165, 1.54) is 23.1 Å². The van der Waals surface area contributed by atoms with Crippen molar-refractivity contribution in [2.24, 2.45) is 0 Å². The fourth-order valence-corrected chi connectivity index (χ4v) is 4.30. The summed E-state index contributed by atoms with van der Waals surface area (Å²) in [6.45, 7) is 4.60. The molecule has 5 nitrogen and oxygen atoms in total. The molecule has 0 radical (unpaired) electrons. The van der Waals surface area contributed by atoms with Crippen LogP contribution in [0.1, 0.15) is 40.7 Å². The number of hydrogen-bond acceptors (Lipinski definition) is 4. The first kappa shape index (κ1) is 20.8. The highest BCUT2D eigenvalue weighted by Gasteiger charge is 2.49. The lowest BCUT2D eigenvalue weighted by Gasteiger charge is -2.51. The minimum Gasteiger partial charge on any atom is -0.385 e. The Hall–Kier alpha value is -2.51. The van der Waals surface area contributed by atoms with Gasteiger partial charge in [-0.3, -0.25) is 4.79 Å². The van der Waals surface area contributed by atoms with Gasteiger partial charge in [-0.15, -0.1) is 0 Å². The number of β-amino-alcohol motifs (C(OH)–C–C–N with tert-alkyl or cyclic N) is 1. The molecule has 160 valence electrons. The van der Waals surface area contributed by atoms with Crippen LogP contribution in [0.2, 0.25) is 0 Å². The molecule has 0 aromatic heterocycles. The molecular formula is C23H27F2N3O2. The maximum absolute atomic E-state index is 14.9. The molecule has 0 spiro atoms. The number of aryl methyl sites for hydroxylation is 2. The van der Waals surface area contributed by atoms with Crippen LogP contribution < -0.4 is 10.6 Å². The zero-order valence-corrected chi connectivity index (χ0v) is 17.3. The molecular weight excluding hydrogens is 388 g/mol. The molecule has 2 aromatic carbocycles. The summed E-state index contributed by atoms with van der Waals surface area (Å²) < 4.78 is 29.3. The number of benzene rings is 2. The number of piperidine rings is 1. The maximum Gasteiger partial charge on any atom is 0.256 e. The molecule has 0 unspecified atom stereocenters. The van der Waals surface area contributed by atoms with Gasteiger partial charge in [0.15, 0.2) is 0 Å². The number of nitrogens with one attached hydrogen (secondary N) is 2. The fraction of sp³-hybridized carbons (Fsp3) is 0.435. The first-order chi connectivity index (χ1) is 14.3. The first-order valence-electron chi connectivity index (χ1n) is 10.4. The predicted octanol–water partition coefficient (Wildman–Crippen LogP) is 3.65. The number of hydrogen-bond donors (Lipinski definition) is 3. The number of carbonyl (C=O) groups excluding carboxylic acids is 1. The standard InChI is InChI=1S/C23H27F2N3O2/c1-14-6-9-18(17(24)11-14)27-21-16(8-7-15(2)20(21)25)22(29)28-12-23(30,13-28)19-5-3-4-10-26-19/h6-9,11,19,26-27,30H,3-5,10,12-13H2,1-2H3/t19-/m0/s1. The van der Waals surface area contributed by atoms with Gasteiger partial charge in [0.05, 0.1) is 30.0 Å². The van der Waals surface area contributed by atoms with Gasteiger partial charge in [0.1, 0.15) is 17.2 Å². The van der Waals surface area contributed by atoms with Crippen LogP contribution in [0.25, 0.3) is 0 Å². The monoisotopic (exact) mass is 415 g/mol. The molecule has 30 heavy (non-hydrogen) atoms. The van der Waals surface area contributed by atoms with E-state index < -0.39 is 17.2 Å². The first-order valence-corrected chi connectivity index (χ1v) is 10.4. The highest BCUT2D eigenvalue weighted by molar-refractivity contribution is 6.01. The summed E-state index contributed by atoms with van der Waals surface area (Å²) in [7, 11) is 0. The Balaban J connectivity index is 1.57. The molecule has 4 rings (SSSR count). The molecule has 2 aliphatic heterocycles. The van der Waals surface area contributed by atoms with E-state index in [2.05, 4.69) is 10.6 Å². The zero-order chi connectivity index (χ0) is 21.5. The van der Waals surface area contributed by atoms with Crippen LogP contribution in [0.15, 0.2) is 30.3 Å². The quantitative estimate of drug-likeness (QED) is 0.713. The van der Waals surface area contributed by atoms with Crippen LogP contribution >= 0.6 is 0 Å². The number of amides is 1. The van der Waals surface area contributed by atoms with Gasteiger partial charge in [0, 0.05) is 6.04 Å². The zero-order valence-electron chi connectivity index (χ0n) is 17.3. The van der Waals surface area contributed by atoms with E-state index in [-0.39, 0.29) is 42.0 Å². The summed E-state index contributed by atoms with van der Waals surface area (Å²) in [5.41, 5.74) is 0.315. The lowest BCUT2D eigenvalue weighted by atomic mass is 9.81. The maximum atomic E-state index is 14.9. The van der Waals surface area contributed by atoms with E-state index in [9.17, 15) is 18.7 Å². The summed E-state index contributed by atoms with van der Waals surface area (Å²) >= 11 is 0. The number of aliphatic hydroxyl groups is 1. The third-order valence-electron chi connectivity index (χ3n) is 6.13. The van der Waals surface area contributed by atoms with Gasteiger partial charge in [-0.1, -0.05) is 18.6 Å². The summed E-state index contributed by atoms with van der Waals surface area (Å²) in [6, 6.07) is 7.64. The molecule has 0 bridgehead atoms. The van der Waals surface area contributed by atoms with Crippen LogP contribution in [-0.4, -0.2) is 47.2 Å². The van der Waals surface area contributed by atoms with Crippen molar-refractivity contribution in [3.05, 3.63) is 58.7 Å². The summed E-state index contributed by atoms with van der Waals surface area (Å²) in [4.78, 5) is 14.6. The van der Waals surface area contributed by atoms with E-state index >= 15 is 0 Å². The van der Waals surface area contributed by atoms with Crippen molar-refractivity contribution in [2.45, 2.75) is 44.8 Å². The van der Waals surface area contributed by atoms with E-state index in [1.54, 1.807) is 26.0 Å². The molecule has 1 atom stereocenters. The lowest BCUT2D eigenvalue weighted by Crippen LogP contribution is -2.72. The van der Waals surface area contributed by atoms with Crippen molar-refractivity contribution in [1.82, 2.24) is 10.2 Å². The van der Waals surface area contributed by atoms with Gasteiger partial charge in [-0.2, -0.15) is 0 Å². The number of rotatable bonds is 4. The van der Waals surface area contributed by atoms with Crippen LogP contribution in [0.4, 0.5) is 20.2 Å². The Kier molecular flexibility index (Phi) is 5.51. The average Bonchev–Trinajstić information content (AvgIpc) is 2.71. The van der Waals surface area contributed by atoms with Gasteiger partial charge in [-0.25, -0.2) is 8.78 Å². The Morgan fingerprint density at radius 2 is 1.97 bits per heavy atom. The lowest BCUT2D eigenvalue weighted by molar-refractivity contribution is -0.108. The van der Waals surface area contributed by atoms with Crippen molar-refractivity contribution >= 4 is 17.3 Å². The second-order valence-electron chi connectivity index (χ2n) is 8.49. The second kappa shape index (κ2) is 7.96. The van der Waals surface area contributed by atoms with Crippen molar-refractivity contribution in [2.75, 3.05) is 25.0 Å². The largest absolute Gasteiger partial charge is 0.385 e.